The Kier molecular flexibility index (Phi) is 3.40. The van der Waals surface area contributed by atoms with Crippen molar-refractivity contribution in [2.75, 3.05) is 17.7 Å². The van der Waals surface area contributed by atoms with Gasteiger partial charge in [-0.2, -0.15) is 4.98 Å². The van der Waals surface area contributed by atoms with Crippen molar-refractivity contribution in [3.8, 4) is 0 Å². The number of hydrogen-bond donors (Lipinski definition) is 2. The summed E-state index contributed by atoms with van der Waals surface area (Å²) in [6.45, 7) is 6.03. The molecule has 0 aliphatic rings. The summed E-state index contributed by atoms with van der Waals surface area (Å²) >= 11 is 0. The van der Waals surface area contributed by atoms with Gasteiger partial charge in [0.1, 0.15) is 17.5 Å². The Morgan fingerprint density at radius 2 is 1.78 bits per heavy atom. The maximum absolute atomic E-state index is 4.91. The lowest BCUT2D eigenvalue weighted by molar-refractivity contribution is 0.388. The molecule has 0 aromatic carbocycles. The Balaban J connectivity index is 2.16. The highest BCUT2D eigenvalue weighted by Gasteiger charge is 2.09. The Bertz CT molecular complexity index is 550. The van der Waals surface area contributed by atoms with Crippen molar-refractivity contribution < 1.29 is 4.52 Å². The minimum atomic E-state index is 0.470. The van der Waals surface area contributed by atoms with Crippen LogP contribution in [0.25, 0.3) is 0 Å². The number of anilines is 2. The van der Waals surface area contributed by atoms with Crippen LogP contribution in [-0.2, 0) is 6.54 Å². The van der Waals surface area contributed by atoms with Gasteiger partial charge >= 0.3 is 0 Å². The second kappa shape index (κ2) is 4.99. The standard InChI is InChI=1S/C11H16N6O/c1-6-10(12-4)14-7(2)15-11(6)13-5-9-16-8(3)18-17-9/h5H2,1-4H3,(H2,12,13,14,15). The van der Waals surface area contributed by atoms with Crippen LogP contribution in [-0.4, -0.2) is 27.2 Å². The molecule has 2 N–H and O–H groups in total. The molecule has 2 aromatic rings. The van der Waals surface area contributed by atoms with Crippen LogP contribution in [0.2, 0.25) is 0 Å². The van der Waals surface area contributed by atoms with E-state index in [1.165, 1.54) is 0 Å². The zero-order valence-corrected chi connectivity index (χ0v) is 10.9. The number of rotatable bonds is 4. The highest BCUT2D eigenvalue weighted by atomic mass is 16.5. The van der Waals surface area contributed by atoms with Crippen LogP contribution in [0.1, 0.15) is 23.1 Å². The average molecular weight is 248 g/mol. The van der Waals surface area contributed by atoms with Crippen LogP contribution in [0.4, 0.5) is 11.6 Å². The topological polar surface area (TPSA) is 88.8 Å². The molecule has 0 unspecified atom stereocenters. The van der Waals surface area contributed by atoms with Crippen molar-refractivity contribution >= 4 is 11.6 Å². The molecule has 0 fully saturated rings. The van der Waals surface area contributed by atoms with Crippen molar-refractivity contribution in [2.24, 2.45) is 0 Å². The first-order valence-electron chi connectivity index (χ1n) is 5.66. The fraction of sp³-hybridized carbons (Fsp3) is 0.455. The smallest absolute Gasteiger partial charge is 0.223 e. The second-order valence-electron chi connectivity index (χ2n) is 3.93. The van der Waals surface area contributed by atoms with Crippen LogP contribution in [0.3, 0.4) is 0 Å². The summed E-state index contributed by atoms with van der Waals surface area (Å²) in [5, 5.41) is 10.0. The zero-order chi connectivity index (χ0) is 13.1. The summed E-state index contributed by atoms with van der Waals surface area (Å²) < 4.78 is 4.91. The Morgan fingerprint density at radius 3 is 2.39 bits per heavy atom. The van der Waals surface area contributed by atoms with Crippen LogP contribution in [0, 0.1) is 20.8 Å². The third kappa shape index (κ3) is 2.55. The molecule has 96 valence electrons. The van der Waals surface area contributed by atoms with Crippen LogP contribution < -0.4 is 10.6 Å². The molecule has 0 aliphatic carbocycles. The van der Waals surface area contributed by atoms with Gasteiger partial charge in [-0.05, 0) is 13.8 Å². The molecular formula is C11H16N6O. The van der Waals surface area contributed by atoms with Crippen LogP contribution in [0.5, 0.6) is 0 Å². The van der Waals surface area contributed by atoms with E-state index in [2.05, 4.69) is 30.7 Å². The zero-order valence-electron chi connectivity index (χ0n) is 10.9. The van der Waals surface area contributed by atoms with Gasteiger partial charge in [-0.15, -0.1) is 0 Å². The van der Waals surface area contributed by atoms with Crippen LogP contribution in [0.15, 0.2) is 4.52 Å². The van der Waals surface area contributed by atoms with Gasteiger partial charge in [-0.1, -0.05) is 5.16 Å². The second-order valence-corrected chi connectivity index (χ2v) is 3.93. The van der Waals surface area contributed by atoms with Gasteiger partial charge < -0.3 is 15.2 Å². The molecule has 7 heteroatoms. The van der Waals surface area contributed by atoms with Crippen LogP contribution >= 0.6 is 0 Å². The first-order valence-corrected chi connectivity index (χ1v) is 5.66. The van der Waals surface area contributed by atoms with Crippen molar-refractivity contribution in [3.63, 3.8) is 0 Å². The molecule has 0 saturated heterocycles. The Hall–Kier alpha value is -2.18. The summed E-state index contributed by atoms with van der Waals surface area (Å²) in [7, 11) is 1.83. The van der Waals surface area contributed by atoms with Gasteiger partial charge in [0.15, 0.2) is 5.82 Å². The number of nitrogens with zero attached hydrogens (tertiary/aromatic N) is 4. The Labute approximate surface area is 105 Å². The monoisotopic (exact) mass is 248 g/mol. The van der Waals surface area contributed by atoms with E-state index >= 15 is 0 Å². The quantitative estimate of drug-likeness (QED) is 0.846. The molecule has 0 spiro atoms. The van der Waals surface area contributed by atoms with Crippen molar-refractivity contribution in [1.29, 1.82) is 0 Å². The third-order valence-corrected chi connectivity index (χ3v) is 2.48. The first-order chi connectivity index (χ1) is 8.60. The lowest BCUT2D eigenvalue weighted by atomic mass is 10.3. The first kappa shape index (κ1) is 12.3. The molecule has 0 aliphatic heterocycles. The van der Waals surface area contributed by atoms with Crippen molar-refractivity contribution in [1.82, 2.24) is 20.1 Å². The summed E-state index contributed by atoms with van der Waals surface area (Å²) in [6.07, 6.45) is 0. The molecule has 7 nitrogen and oxygen atoms in total. The van der Waals surface area contributed by atoms with E-state index in [9.17, 15) is 0 Å². The summed E-state index contributed by atoms with van der Waals surface area (Å²) in [6, 6.07) is 0. The van der Waals surface area contributed by atoms with Gasteiger partial charge in [0, 0.05) is 19.5 Å². The highest BCUT2D eigenvalue weighted by molar-refractivity contribution is 5.56. The molecule has 2 aromatic heterocycles. The predicted molar refractivity (Wildman–Crippen MR) is 67.4 cm³/mol. The molecule has 2 rings (SSSR count). The fourth-order valence-electron chi connectivity index (χ4n) is 1.62. The minimum Gasteiger partial charge on any atom is -0.373 e. The minimum absolute atomic E-state index is 0.470. The van der Waals surface area contributed by atoms with E-state index in [0.29, 0.717) is 24.1 Å². The number of hydrogen-bond acceptors (Lipinski definition) is 7. The van der Waals surface area contributed by atoms with Gasteiger partial charge in [0.2, 0.25) is 5.89 Å². The van der Waals surface area contributed by atoms with E-state index in [1.807, 2.05) is 20.9 Å². The number of aryl methyl sites for hydroxylation is 2. The van der Waals surface area contributed by atoms with Gasteiger partial charge in [-0.3, -0.25) is 0 Å². The van der Waals surface area contributed by atoms with E-state index in [4.69, 9.17) is 4.52 Å². The van der Waals surface area contributed by atoms with E-state index < -0.39 is 0 Å². The van der Waals surface area contributed by atoms with E-state index in [-0.39, 0.29) is 0 Å². The fourth-order valence-corrected chi connectivity index (χ4v) is 1.62. The highest BCUT2D eigenvalue weighted by Crippen LogP contribution is 2.19. The van der Waals surface area contributed by atoms with Crippen molar-refractivity contribution in [3.05, 3.63) is 23.1 Å². The number of aromatic nitrogens is 4. The molecule has 0 radical (unpaired) electrons. The molecule has 0 amide bonds. The molecular weight excluding hydrogens is 232 g/mol. The lowest BCUT2D eigenvalue weighted by Gasteiger charge is -2.11. The summed E-state index contributed by atoms with van der Waals surface area (Å²) in [4.78, 5) is 12.8. The van der Waals surface area contributed by atoms with E-state index in [1.54, 1.807) is 6.92 Å². The molecule has 18 heavy (non-hydrogen) atoms. The molecule has 2 heterocycles. The predicted octanol–water partition coefficient (Wildman–Crippen LogP) is 1.44. The normalized spacial score (nSPS) is 10.4. The van der Waals surface area contributed by atoms with Crippen molar-refractivity contribution in [2.45, 2.75) is 27.3 Å². The maximum Gasteiger partial charge on any atom is 0.223 e. The number of nitrogens with one attached hydrogen (secondary N) is 2. The molecule has 0 bridgehead atoms. The van der Waals surface area contributed by atoms with Gasteiger partial charge in [-0.25, -0.2) is 9.97 Å². The largest absolute Gasteiger partial charge is 0.373 e. The third-order valence-electron chi connectivity index (χ3n) is 2.48. The van der Waals surface area contributed by atoms with Gasteiger partial charge in [0.05, 0.1) is 6.54 Å². The van der Waals surface area contributed by atoms with Gasteiger partial charge in [0.25, 0.3) is 0 Å². The molecule has 0 atom stereocenters. The Morgan fingerprint density at radius 1 is 1.06 bits per heavy atom. The molecule has 0 saturated carbocycles. The average Bonchev–Trinajstić information content (AvgIpc) is 2.75. The van der Waals surface area contributed by atoms with E-state index in [0.717, 1.165) is 17.2 Å². The SMILES string of the molecule is CNc1nc(C)nc(NCc2noc(C)n2)c1C. The maximum atomic E-state index is 4.91. The lowest BCUT2D eigenvalue weighted by Crippen LogP contribution is -2.09. The summed E-state index contributed by atoms with van der Waals surface area (Å²) in [5.74, 6) is 3.45. The summed E-state index contributed by atoms with van der Waals surface area (Å²) in [5.41, 5.74) is 0.961.